The molecule has 1 N–H and O–H groups in total. The third kappa shape index (κ3) is 3.66. The Morgan fingerprint density at radius 2 is 1.63 bits per heavy atom. The summed E-state index contributed by atoms with van der Waals surface area (Å²) in [6, 6.07) is 7.31. The Morgan fingerprint density at radius 3 is 2.00 bits per heavy atom. The summed E-state index contributed by atoms with van der Waals surface area (Å²) < 4.78 is 0. The quantitative estimate of drug-likeness (QED) is 0.627. The highest BCUT2D eigenvalue weighted by Gasteiger charge is 2.30. The van der Waals surface area contributed by atoms with Crippen LogP contribution in [0.25, 0.3) is 0 Å². The van der Waals surface area contributed by atoms with Gasteiger partial charge in [-0.1, -0.05) is 52.0 Å². The molecule has 0 bridgehead atoms. The van der Waals surface area contributed by atoms with Gasteiger partial charge in [0.05, 0.1) is 0 Å². The molecule has 2 unspecified atom stereocenters. The van der Waals surface area contributed by atoms with Crippen molar-refractivity contribution in [3.63, 3.8) is 0 Å². The van der Waals surface area contributed by atoms with E-state index >= 15 is 0 Å². The smallest absolute Gasteiger partial charge is 0.314 e. The maximum Gasteiger partial charge on any atom is 0.314 e. The van der Waals surface area contributed by atoms with E-state index in [-0.39, 0.29) is 11.7 Å². The van der Waals surface area contributed by atoms with Crippen LogP contribution in [0.5, 0.6) is 0 Å². The Morgan fingerprint density at radius 1 is 1.11 bits per heavy atom. The number of carboxylic acid groups (broad SMARTS) is 1. The molecule has 104 valence electrons. The molecule has 3 heteroatoms. The zero-order valence-electron chi connectivity index (χ0n) is 12.0. The molecular formula is C16H22O3. The van der Waals surface area contributed by atoms with Crippen molar-refractivity contribution in [2.75, 3.05) is 0 Å². The molecular weight excluding hydrogens is 240 g/mol. The number of carbonyl (C=O) groups is 2. The van der Waals surface area contributed by atoms with E-state index in [1.165, 1.54) is 5.56 Å². The van der Waals surface area contributed by atoms with Gasteiger partial charge in [0.25, 0.3) is 0 Å². The summed E-state index contributed by atoms with van der Waals surface area (Å²) in [5.74, 6) is -2.08. The number of carbonyl (C=O) groups excluding carboxylic acids is 1. The van der Waals surface area contributed by atoms with Gasteiger partial charge in [-0.3, -0.25) is 9.59 Å². The summed E-state index contributed by atoms with van der Waals surface area (Å²) in [6.07, 6.45) is 1.04. The maximum absolute atomic E-state index is 12.2. The van der Waals surface area contributed by atoms with E-state index in [1.807, 2.05) is 12.1 Å². The van der Waals surface area contributed by atoms with Crippen molar-refractivity contribution in [3.05, 3.63) is 35.4 Å². The standard InChI is InChI=1S/C16H22O3/c1-5-11(4)12-6-8-13(9-7-12)15(17)14(10(2)3)16(18)19/h6-11,14H,5H2,1-4H3,(H,18,19). The average molecular weight is 262 g/mol. The van der Waals surface area contributed by atoms with Crippen molar-refractivity contribution in [2.24, 2.45) is 11.8 Å². The molecule has 3 nitrogen and oxygen atoms in total. The van der Waals surface area contributed by atoms with Crippen molar-refractivity contribution >= 4 is 11.8 Å². The first-order valence-electron chi connectivity index (χ1n) is 6.75. The lowest BCUT2D eigenvalue weighted by Crippen LogP contribution is -2.28. The number of hydrogen-bond acceptors (Lipinski definition) is 2. The lowest BCUT2D eigenvalue weighted by molar-refractivity contribution is -0.141. The molecule has 0 heterocycles. The van der Waals surface area contributed by atoms with Crippen LogP contribution >= 0.6 is 0 Å². The molecule has 0 saturated carbocycles. The largest absolute Gasteiger partial charge is 0.481 e. The van der Waals surface area contributed by atoms with E-state index in [9.17, 15) is 9.59 Å². The number of ketones is 1. The molecule has 0 aliphatic carbocycles. The molecule has 1 aromatic rings. The molecule has 0 aromatic heterocycles. The highest BCUT2D eigenvalue weighted by molar-refractivity contribution is 6.08. The highest BCUT2D eigenvalue weighted by Crippen LogP contribution is 2.22. The van der Waals surface area contributed by atoms with Crippen LogP contribution in [0.2, 0.25) is 0 Å². The van der Waals surface area contributed by atoms with Gasteiger partial charge in [-0.2, -0.15) is 0 Å². The summed E-state index contributed by atoms with van der Waals surface area (Å²) in [5, 5.41) is 9.14. The molecule has 0 fully saturated rings. The van der Waals surface area contributed by atoms with Crippen LogP contribution in [0.1, 0.15) is 56.0 Å². The first-order chi connectivity index (χ1) is 8.88. The molecule has 0 amide bonds. The zero-order chi connectivity index (χ0) is 14.6. The van der Waals surface area contributed by atoms with Crippen molar-refractivity contribution in [3.8, 4) is 0 Å². The van der Waals surface area contributed by atoms with E-state index < -0.39 is 11.9 Å². The fourth-order valence-corrected chi connectivity index (χ4v) is 2.09. The first kappa shape index (κ1) is 15.4. The number of Topliss-reactive ketones (excluding diaryl/α,β-unsaturated/α-hetero) is 1. The van der Waals surface area contributed by atoms with Crippen molar-refractivity contribution in [1.29, 1.82) is 0 Å². The highest BCUT2D eigenvalue weighted by atomic mass is 16.4. The van der Waals surface area contributed by atoms with Crippen LogP contribution in [0.15, 0.2) is 24.3 Å². The van der Waals surface area contributed by atoms with Gasteiger partial charge in [0.15, 0.2) is 5.78 Å². The lowest BCUT2D eigenvalue weighted by Gasteiger charge is -2.15. The normalized spacial score (nSPS) is 14.2. The number of aliphatic carboxylic acids is 1. The fraction of sp³-hybridized carbons (Fsp3) is 0.500. The van der Waals surface area contributed by atoms with Crippen LogP contribution < -0.4 is 0 Å². The minimum absolute atomic E-state index is 0.209. The molecule has 2 atom stereocenters. The van der Waals surface area contributed by atoms with Gasteiger partial charge in [-0.15, -0.1) is 0 Å². The van der Waals surface area contributed by atoms with Crippen molar-refractivity contribution in [2.45, 2.75) is 40.0 Å². The molecule has 0 saturated heterocycles. The van der Waals surface area contributed by atoms with Gasteiger partial charge in [0.1, 0.15) is 5.92 Å². The van der Waals surface area contributed by atoms with Gasteiger partial charge in [-0.25, -0.2) is 0 Å². The van der Waals surface area contributed by atoms with Gasteiger partial charge < -0.3 is 5.11 Å². The predicted molar refractivity (Wildman–Crippen MR) is 75.4 cm³/mol. The maximum atomic E-state index is 12.2. The SMILES string of the molecule is CCC(C)c1ccc(C(=O)C(C(=O)O)C(C)C)cc1. The van der Waals surface area contributed by atoms with E-state index in [1.54, 1.807) is 26.0 Å². The van der Waals surface area contributed by atoms with Crippen LogP contribution in [-0.4, -0.2) is 16.9 Å². The minimum Gasteiger partial charge on any atom is -0.481 e. The zero-order valence-corrected chi connectivity index (χ0v) is 12.0. The van der Waals surface area contributed by atoms with Gasteiger partial charge in [0, 0.05) is 5.56 Å². The molecule has 0 aliphatic heterocycles. The number of carboxylic acids is 1. The Hall–Kier alpha value is -1.64. The Labute approximate surface area is 114 Å². The Balaban J connectivity index is 2.97. The molecule has 1 rings (SSSR count). The summed E-state index contributed by atoms with van der Waals surface area (Å²) >= 11 is 0. The Bertz CT molecular complexity index is 446. The number of hydrogen-bond donors (Lipinski definition) is 1. The second-order valence-corrected chi connectivity index (χ2v) is 5.36. The second-order valence-electron chi connectivity index (χ2n) is 5.36. The lowest BCUT2D eigenvalue weighted by atomic mass is 9.87. The van der Waals surface area contributed by atoms with E-state index in [0.717, 1.165) is 6.42 Å². The van der Waals surface area contributed by atoms with E-state index in [4.69, 9.17) is 5.11 Å². The van der Waals surface area contributed by atoms with Crippen LogP contribution in [0, 0.1) is 11.8 Å². The fourth-order valence-electron chi connectivity index (χ4n) is 2.09. The van der Waals surface area contributed by atoms with Crippen molar-refractivity contribution in [1.82, 2.24) is 0 Å². The van der Waals surface area contributed by atoms with Gasteiger partial charge >= 0.3 is 5.97 Å². The summed E-state index contributed by atoms with van der Waals surface area (Å²) in [6.45, 7) is 7.75. The molecule has 0 aliphatic rings. The first-order valence-corrected chi connectivity index (χ1v) is 6.75. The molecule has 0 radical (unpaired) electrons. The molecule has 1 aromatic carbocycles. The minimum atomic E-state index is -1.05. The summed E-state index contributed by atoms with van der Waals surface area (Å²) in [4.78, 5) is 23.4. The summed E-state index contributed by atoms with van der Waals surface area (Å²) in [7, 11) is 0. The third-order valence-corrected chi connectivity index (χ3v) is 3.59. The number of benzene rings is 1. The molecule has 19 heavy (non-hydrogen) atoms. The third-order valence-electron chi connectivity index (χ3n) is 3.59. The van der Waals surface area contributed by atoms with E-state index in [0.29, 0.717) is 11.5 Å². The van der Waals surface area contributed by atoms with Crippen molar-refractivity contribution < 1.29 is 14.7 Å². The second kappa shape index (κ2) is 6.50. The molecule has 0 spiro atoms. The summed E-state index contributed by atoms with van der Waals surface area (Å²) in [5.41, 5.74) is 1.66. The topological polar surface area (TPSA) is 54.4 Å². The van der Waals surface area contributed by atoms with Gasteiger partial charge in [0.2, 0.25) is 0 Å². The monoisotopic (exact) mass is 262 g/mol. The van der Waals surface area contributed by atoms with Crippen LogP contribution in [0.4, 0.5) is 0 Å². The van der Waals surface area contributed by atoms with Crippen LogP contribution in [-0.2, 0) is 4.79 Å². The number of rotatable bonds is 6. The predicted octanol–water partition coefficient (Wildman–Crippen LogP) is 3.74. The Kier molecular flexibility index (Phi) is 5.28. The van der Waals surface area contributed by atoms with Gasteiger partial charge in [-0.05, 0) is 23.8 Å². The van der Waals surface area contributed by atoms with E-state index in [2.05, 4.69) is 13.8 Å². The average Bonchev–Trinajstić information content (AvgIpc) is 2.37. The van der Waals surface area contributed by atoms with Crippen LogP contribution in [0.3, 0.4) is 0 Å².